The van der Waals surface area contributed by atoms with Crippen LogP contribution in [-0.4, -0.2) is 84.7 Å². The molecule has 3 aromatic rings. The van der Waals surface area contributed by atoms with Crippen molar-refractivity contribution in [2.24, 2.45) is 22.9 Å². The van der Waals surface area contributed by atoms with E-state index in [1.807, 2.05) is 78.6 Å². The van der Waals surface area contributed by atoms with Gasteiger partial charge < -0.3 is 44.2 Å². The predicted octanol–water partition coefficient (Wildman–Crippen LogP) is 8.12. The Morgan fingerprint density at radius 1 is 0.967 bits per heavy atom. The van der Waals surface area contributed by atoms with E-state index in [1.54, 1.807) is 19.3 Å². The smallest absolute Gasteiger partial charge is 0.412 e. The number of rotatable bonds is 22. The van der Waals surface area contributed by atoms with Crippen molar-refractivity contribution >= 4 is 17.7 Å². The van der Waals surface area contributed by atoms with Gasteiger partial charge in [-0.3, -0.25) is 4.79 Å². The molecule has 3 N–H and O–H groups in total. The molecule has 12 nitrogen and oxygen atoms in total. The molecule has 12 heteroatoms. The van der Waals surface area contributed by atoms with Crippen molar-refractivity contribution in [2.75, 3.05) is 40.0 Å². The Kier molecular flexibility index (Phi) is 16.4. The van der Waals surface area contributed by atoms with Gasteiger partial charge in [0.15, 0.2) is 0 Å². The molecule has 1 aliphatic heterocycles. The lowest BCUT2D eigenvalue weighted by Crippen LogP contribution is -2.70. The first kappa shape index (κ1) is 45.4. The second-order valence-electron chi connectivity index (χ2n) is 16.1. The van der Waals surface area contributed by atoms with Gasteiger partial charge in [0.25, 0.3) is 0 Å². The van der Waals surface area contributed by atoms with Crippen LogP contribution in [0.15, 0.2) is 102 Å². The van der Waals surface area contributed by atoms with Gasteiger partial charge in [0.05, 0.1) is 31.8 Å². The van der Waals surface area contributed by atoms with Crippen LogP contribution in [0.3, 0.4) is 0 Å². The minimum Gasteiger partial charge on any atom is -0.497 e. The first-order chi connectivity index (χ1) is 29.8. The number of hydrogen-bond acceptors (Lipinski definition) is 10. The second kappa shape index (κ2) is 22.1. The van der Waals surface area contributed by atoms with E-state index in [9.17, 15) is 19.8 Å². The van der Waals surface area contributed by atoms with E-state index < -0.39 is 23.8 Å². The van der Waals surface area contributed by atoms with Crippen LogP contribution in [0.4, 0.5) is 4.79 Å². The normalized spacial score (nSPS) is 23.1. The van der Waals surface area contributed by atoms with E-state index in [0.29, 0.717) is 55.3 Å². The molecule has 6 rings (SSSR count). The maximum absolute atomic E-state index is 14.9. The summed E-state index contributed by atoms with van der Waals surface area (Å²) in [5, 5.41) is 27.5. The summed E-state index contributed by atoms with van der Waals surface area (Å²) in [5.41, 5.74) is 4.31. The van der Waals surface area contributed by atoms with Crippen molar-refractivity contribution in [3.63, 3.8) is 0 Å². The summed E-state index contributed by atoms with van der Waals surface area (Å²) in [6.07, 6.45) is 9.06. The Balaban J connectivity index is 1.57. The number of ether oxygens (including phenoxy) is 4. The third kappa shape index (κ3) is 10.7. The molecule has 61 heavy (non-hydrogen) atoms. The fraction of sp³-hybridized carbons (Fsp3) is 0.490. The first-order valence-corrected chi connectivity index (χ1v) is 21.9. The SMILES string of the molecule is C=CCOC12Oc3ccc(OC(=O)NCC)cc3C3C(CCCCO)C(CCCCO)C=C(C(=NOCc4ccccc4)CC1N(CCC)C(=O)Cc1cccc(OC)c1)C32. The topological polar surface area (TPSA) is 148 Å². The van der Waals surface area contributed by atoms with E-state index >= 15 is 0 Å². The van der Waals surface area contributed by atoms with Gasteiger partial charge in [-0.1, -0.05) is 79.5 Å². The Hall–Kier alpha value is -5.17. The van der Waals surface area contributed by atoms with E-state index in [2.05, 4.69) is 24.9 Å². The number of hydrogen-bond donors (Lipinski definition) is 3. The molecule has 0 radical (unpaired) electrons. The van der Waals surface area contributed by atoms with Gasteiger partial charge in [0.1, 0.15) is 29.9 Å². The highest BCUT2D eigenvalue weighted by atomic mass is 16.7. The molecule has 6 atom stereocenters. The van der Waals surface area contributed by atoms with Gasteiger partial charge in [0.2, 0.25) is 11.7 Å². The summed E-state index contributed by atoms with van der Waals surface area (Å²) < 4.78 is 25.7. The Morgan fingerprint density at radius 2 is 1.74 bits per heavy atom. The number of unbranched alkanes of at least 4 members (excludes halogenated alkanes) is 2. The average molecular weight is 838 g/mol. The number of carbonyl (C=O) groups is 2. The zero-order chi connectivity index (χ0) is 43.2. The molecule has 0 aromatic heterocycles. The second-order valence-corrected chi connectivity index (χ2v) is 16.1. The molecule has 3 aliphatic rings. The summed E-state index contributed by atoms with van der Waals surface area (Å²) in [6, 6.07) is 22.3. The van der Waals surface area contributed by atoms with E-state index in [-0.39, 0.29) is 62.9 Å². The van der Waals surface area contributed by atoms with Crippen molar-refractivity contribution in [3.8, 4) is 17.2 Å². The fourth-order valence-electron chi connectivity index (χ4n) is 9.51. The minimum atomic E-state index is -1.40. The molecule has 1 saturated carbocycles. The number of oxime groups is 1. The number of nitrogens with zero attached hydrogens (tertiary/aromatic N) is 2. The lowest BCUT2D eigenvalue weighted by molar-refractivity contribution is -0.257. The number of aliphatic hydroxyl groups excluding tert-OH is 2. The molecule has 0 bridgehead atoms. The minimum absolute atomic E-state index is 0.0189. The maximum atomic E-state index is 14.9. The average Bonchev–Trinajstić information content (AvgIpc) is 3.27. The zero-order valence-electron chi connectivity index (χ0n) is 35.9. The van der Waals surface area contributed by atoms with Crippen LogP contribution >= 0.6 is 0 Å². The molecule has 1 heterocycles. The van der Waals surface area contributed by atoms with Crippen LogP contribution in [0.1, 0.15) is 87.8 Å². The number of amides is 2. The van der Waals surface area contributed by atoms with Crippen molar-refractivity contribution in [3.05, 3.63) is 114 Å². The quantitative estimate of drug-likeness (QED) is 0.0519. The van der Waals surface area contributed by atoms with Gasteiger partial charge in [-0.2, -0.15) is 0 Å². The Labute approximate surface area is 360 Å². The number of fused-ring (bicyclic) bond motifs is 2. The van der Waals surface area contributed by atoms with Gasteiger partial charge in [0, 0.05) is 44.2 Å². The maximum Gasteiger partial charge on any atom is 0.412 e. The number of allylic oxidation sites excluding steroid dienone is 1. The highest BCUT2D eigenvalue weighted by molar-refractivity contribution is 6.03. The summed E-state index contributed by atoms with van der Waals surface area (Å²) in [4.78, 5) is 35.8. The first-order valence-electron chi connectivity index (χ1n) is 21.9. The van der Waals surface area contributed by atoms with Crippen LogP contribution < -0.4 is 19.5 Å². The number of nitrogens with one attached hydrogen (secondary N) is 1. The zero-order valence-corrected chi connectivity index (χ0v) is 35.9. The number of methoxy groups -OCH3 is 1. The molecular formula is C49H63N3O9. The van der Waals surface area contributed by atoms with Crippen molar-refractivity contribution in [2.45, 2.75) is 96.0 Å². The third-order valence-electron chi connectivity index (χ3n) is 12.1. The monoisotopic (exact) mass is 837 g/mol. The Bertz CT molecular complexity index is 1990. The molecule has 6 unspecified atom stereocenters. The van der Waals surface area contributed by atoms with Crippen LogP contribution in [-0.2, 0) is 27.4 Å². The van der Waals surface area contributed by atoms with Crippen LogP contribution in [0.25, 0.3) is 0 Å². The van der Waals surface area contributed by atoms with Crippen molar-refractivity contribution in [1.29, 1.82) is 0 Å². The molecule has 2 amide bonds. The standard InChI is InChI=1S/C49H63N3O9/c1-5-24-52(45(55)29-35-18-15-20-37(28-35)57-4)44-32-42(51-59-33-34-16-9-8-10-17-34)40-30-36(19-11-13-25-53)39(21-12-14-26-54)46-41-31-38(60-48(56)50-7-3)22-23-43(41)61-49(44,47(40)46)58-27-6-2/h6,8-10,15-18,20,22-23,28,30-31,36,39,44,46-47,53-54H,2,5,7,11-14,19,21,24-27,29,32-33H2,1,3-4H3,(H,50,56). The molecule has 0 saturated heterocycles. The van der Waals surface area contributed by atoms with E-state index in [0.717, 1.165) is 47.9 Å². The number of aliphatic hydroxyl groups is 2. The number of carbonyl (C=O) groups excluding carboxylic acids is 2. The van der Waals surface area contributed by atoms with Crippen LogP contribution in [0, 0.1) is 17.8 Å². The summed E-state index contributed by atoms with van der Waals surface area (Å²) >= 11 is 0. The van der Waals surface area contributed by atoms with Gasteiger partial charge in [-0.15, -0.1) is 6.58 Å². The van der Waals surface area contributed by atoms with Gasteiger partial charge in [-0.05, 0) is 97.9 Å². The Morgan fingerprint density at radius 3 is 2.46 bits per heavy atom. The lowest BCUT2D eigenvalue weighted by atomic mass is 9.55. The van der Waals surface area contributed by atoms with Gasteiger partial charge >= 0.3 is 6.09 Å². The largest absolute Gasteiger partial charge is 0.497 e. The van der Waals surface area contributed by atoms with Crippen LogP contribution in [0.5, 0.6) is 17.2 Å². The van der Waals surface area contributed by atoms with Gasteiger partial charge in [-0.25, -0.2) is 4.79 Å². The molecule has 328 valence electrons. The van der Waals surface area contributed by atoms with Crippen molar-refractivity contribution in [1.82, 2.24) is 10.2 Å². The molecule has 2 aliphatic carbocycles. The summed E-state index contributed by atoms with van der Waals surface area (Å²) in [5.74, 6) is -0.542. The highest BCUT2D eigenvalue weighted by Gasteiger charge is 2.65. The highest BCUT2D eigenvalue weighted by Crippen LogP contribution is 2.62. The lowest BCUT2D eigenvalue weighted by Gasteiger charge is -2.60. The van der Waals surface area contributed by atoms with Crippen LogP contribution in [0.2, 0.25) is 0 Å². The fourth-order valence-corrected chi connectivity index (χ4v) is 9.51. The molecule has 0 spiro atoms. The molecular weight excluding hydrogens is 775 g/mol. The number of benzene rings is 3. The summed E-state index contributed by atoms with van der Waals surface area (Å²) in [7, 11) is 1.61. The van der Waals surface area contributed by atoms with E-state index in [1.165, 1.54) is 0 Å². The molecule has 1 fully saturated rings. The summed E-state index contributed by atoms with van der Waals surface area (Å²) in [6.45, 7) is 9.35. The van der Waals surface area contributed by atoms with E-state index in [4.69, 9.17) is 28.9 Å². The predicted molar refractivity (Wildman–Crippen MR) is 235 cm³/mol. The van der Waals surface area contributed by atoms with Crippen molar-refractivity contribution < 1.29 is 43.6 Å². The third-order valence-corrected chi connectivity index (χ3v) is 12.1. The molecule has 3 aromatic carbocycles.